The van der Waals surface area contributed by atoms with Crippen LogP contribution in [0.3, 0.4) is 0 Å². The molecule has 0 bridgehead atoms. The van der Waals surface area contributed by atoms with Crippen LogP contribution < -0.4 is 14.9 Å². The van der Waals surface area contributed by atoms with Gasteiger partial charge in [0.2, 0.25) is 5.91 Å². The van der Waals surface area contributed by atoms with E-state index in [1.165, 1.54) is 22.3 Å². The molecule has 0 saturated heterocycles. The molecule has 2 heterocycles. The van der Waals surface area contributed by atoms with Crippen molar-refractivity contribution in [3.63, 3.8) is 0 Å². The first kappa shape index (κ1) is 21.7. The Morgan fingerprint density at radius 3 is 2.00 bits per heavy atom. The average Bonchev–Trinajstić information content (AvgIpc) is 2.75. The summed E-state index contributed by atoms with van der Waals surface area (Å²) in [6.45, 7) is 5.09. The third-order valence-electron chi connectivity index (χ3n) is 5.96. The van der Waals surface area contributed by atoms with Crippen molar-refractivity contribution in [2.75, 3.05) is 0 Å². The van der Waals surface area contributed by atoms with Gasteiger partial charge in [-0.05, 0) is 41.9 Å². The van der Waals surface area contributed by atoms with Gasteiger partial charge in [0.25, 0.3) is 0 Å². The number of hydrogen-bond acceptors (Lipinski definition) is 1. The van der Waals surface area contributed by atoms with E-state index in [9.17, 15) is 4.79 Å². The van der Waals surface area contributed by atoms with Crippen LogP contribution in [0.5, 0.6) is 0 Å². The second-order valence-corrected chi connectivity index (χ2v) is 8.24. The van der Waals surface area contributed by atoms with Crippen molar-refractivity contribution >= 4 is 5.91 Å². The second-order valence-electron chi connectivity index (χ2n) is 8.24. The summed E-state index contributed by atoms with van der Waals surface area (Å²) in [7, 11) is 2.03. The molecule has 156 valence electrons. The number of carbonyl (C=O) groups is 1. The minimum atomic E-state index is -0.177. The van der Waals surface area contributed by atoms with E-state index in [4.69, 9.17) is 5.73 Å². The van der Waals surface area contributed by atoms with Crippen molar-refractivity contribution in [2.24, 2.45) is 18.7 Å². The van der Waals surface area contributed by atoms with Gasteiger partial charge in [-0.1, -0.05) is 38.1 Å². The Kier molecular flexibility index (Phi) is 7.34. The minimum Gasteiger partial charge on any atom is -0.369 e. The van der Waals surface area contributed by atoms with Gasteiger partial charge in [-0.2, -0.15) is 0 Å². The molecular weight excluding hydrogens is 370 g/mol. The number of primary amides is 1. The van der Waals surface area contributed by atoms with Gasteiger partial charge in [0.05, 0.1) is 0 Å². The van der Waals surface area contributed by atoms with Crippen LogP contribution >= 0.6 is 0 Å². The number of aryl methyl sites for hydroxylation is 1. The number of pyridine rings is 2. The summed E-state index contributed by atoms with van der Waals surface area (Å²) in [5.41, 5.74) is 10.5. The lowest BCUT2D eigenvalue weighted by Crippen LogP contribution is -2.33. The number of rotatable bonds is 9. The average molecular weight is 404 g/mol. The molecule has 1 amide bonds. The summed E-state index contributed by atoms with van der Waals surface area (Å²) >= 11 is 0. The standard InChI is InChI=1S/C26H32N3O/c1-4-22(26(27)30)8-5-20(2)23-9-6-21(7-10-23)19-29-17-13-25(14-18-29)24-11-15-28(3)16-12-24/h6-7,9-18,20,22H,4-5,8,19H2,1-3H3,(H-,27,30)/q+1/p+1. The van der Waals surface area contributed by atoms with Crippen LogP contribution in [-0.4, -0.2) is 5.91 Å². The van der Waals surface area contributed by atoms with Gasteiger partial charge in [-0.25, -0.2) is 9.13 Å². The maximum Gasteiger partial charge on any atom is 0.220 e. The molecule has 0 spiro atoms. The Bertz CT molecular complexity index is 947. The van der Waals surface area contributed by atoms with E-state index in [1.54, 1.807) is 0 Å². The lowest BCUT2D eigenvalue weighted by molar-refractivity contribution is -0.688. The zero-order valence-corrected chi connectivity index (χ0v) is 18.3. The van der Waals surface area contributed by atoms with E-state index in [1.807, 2.05) is 18.5 Å². The van der Waals surface area contributed by atoms with Gasteiger partial charge in [-0.15, -0.1) is 0 Å². The largest absolute Gasteiger partial charge is 0.369 e. The molecule has 2 N–H and O–H groups in total. The number of nitrogens with zero attached hydrogens (tertiary/aromatic N) is 2. The normalized spacial score (nSPS) is 13.0. The fourth-order valence-corrected chi connectivity index (χ4v) is 3.78. The molecule has 4 nitrogen and oxygen atoms in total. The Balaban J connectivity index is 1.58. The van der Waals surface area contributed by atoms with Crippen molar-refractivity contribution in [3.05, 3.63) is 84.4 Å². The quantitative estimate of drug-likeness (QED) is 0.541. The van der Waals surface area contributed by atoms with Crippen molar-refractivity contribution < 1.29 is 13.9 Å². The zero-order chi connectivity index (χ0) is 21.5. The Morgan fingerprint density at radius 1 is 0.900 bits per heavy atom. The van der Waals surface area contributed by atoms with Crippen LogP contribution in [0, 0.1) is 5.92 Å². The van der Waals surface area contributed by atoms with Gasteiger partial charge in [0.1, 0.15) is 7.05 Å². The van der Waals surface area contributed by atoms with Gasteiger partial charge in [0, 0.05) is 35.7 Å². The first-order chi connectivity index (χ1) is 14.5. The highest BCUT2D eigenvalue weighted by Crippen LogP contribution is 2.24. The van der Waals surface area contributed by atoms with Crippen molar-refractivity contribution in [2.45, 2.75) is 45.6 Å². The van der Waals surface area contributed by atoms with Gasteiger partial charge in [0.15, 0.2) is 31.3 Å². The van der Waals surface area contributed by atoms with Gasteiger partial charge >= 0.3 is 0 Å². The highest BCUT2D eigenvalue weighted by atomic mass is 16.1. The second kappa shape index (κ2) is 10.1. The SMILES string of the molecule is CCC(CCC(C)c1ccc(C[n+]2ccc(-c3cc[n+](C)cc3)cc2)cc1)C(N)=O. The molecule has 0 aliphatic heterocycles. The fraction of sp³-hybridized carbons (Fsp3) is 0.346. The number of amides is 1. The molecule has 0 aliphatic carbocycles. The van der Waals surface area contributed by atoms with Crippen LogP contribution in [0.1, 0.15) is 50.2 Å². The molecule has 0 saturated carbocycles. The molecule has 2 unspecified atom stereocenters. The Morgan fingerprint density at radius 2 is 1.47 bits per heavy atom. The van der Waals surface area contributed by atoms with Crippen molar-refractivity contribution in [3.8, 4) is 11.1 Å². The number of carbonyl (C=O) groups excluding carboxylic acids is 1. The van der Waals surface area contributed by atoms with Gasteiger partial charge < -0.3 is 5.73 Å². The number of hydrogen-bond donors (Lipinski definition) is 1. The topological polar surface area (TPSA) is 50.9 Å². The van der Waals surface area contributed by atoms with Crippen molar-refractivity contribution in [1.82, 2.24) is 0 Å². The minimum absolute atomic E-state index is 0.00948. The van der Waals surface area contributed by atoms with E-state index < -0.39 is 0 Å². The number of nitrogens with two attached hydrogens (primary N) is 1. The third kappa shape index (κ3) is 5.76. The third-order valence-corrected chi connectivity index (χ3v) is 5.96. The highest BCUT2D eigenvalue weighted by Gasteiger charge is 2.15. The predicted molar refractivity (Wildman–Crippen MR) is 119 cm³/mol. The Labute approximate surface area is 180 Å². The first-order valence-corrected chi connectivity index (χ1v) is 10.8. The van der Waals surface area contributed by atoms with Crippen LogP contribution in [0.25, 0.3) is 11.1 Å². The molecule has 0 radical (unpaired) electrons. The molecule has 2 atom stereocenters. The number of benzene rings is 1. The van der Waals surface area contributed by atoms with Crippen LogP contribution in [-0.2, 0) is 18.4 Å². The van der Waals surface area contributed by atoms with E-state index in [0.717, 1.165) is 25.8 Å². The summed E-state index contributed by atoms with van der Waals surface area (Å²) in [6, 6.07) is 17.4. The predicted octanol–water partition coefficient (Wildman–Crippen LogP) is 3.91. The molecular formula is C26H33N3O+2. The maximum atomic E-state index is 11.4. The summed E-state index contributed by atoms with van der Waals surface area (Å²) in [6.07, 6.45) is 11.1. The van der Waals surface area contributed by atoms with Crippen molar-refractivity contribution in [1.29, 1.82) is 0 Å². The van der Waals surface area contributed by atoms with Crippen LogP contribution in [0.15, 0.2) is 73.3 Å². The monoisotopic (exact) mass is 403 g/mol. The lowest BCUT2D eigenvalue weighted by atomic mass is 9.90. The molecule has 1 aromatic carbocycles. The summed E-state index contributed by atoms with van der Waals surface area (Å²) in [5, 5.41) is 0. The molecule has 4 heteroatoms. The maximum absolute atomic E-state index is 11.4. The van der Waals surface area contributed by atoms with E-state index in [2.05, 4.69) is 84.8 Å². The fourth-order valence-electron chi connectivity index (χ4n) is 3.78. The molecule has 3 rings (SSSR count). The molecule has 0 fully saturated rings. The summed E-state index contributed by atoms with van der Waals surface area (Å²) in [4.78, 5) is 11.4. The molecule has 30 heavy (non-hydrogen) atoms. The van der Waals surface area contributed by atoms with Crippen LogP contribution in [0.4, 0.5) is 0 Å². The highest BCUT2D eigenvalue weighted by molar-refractivity contribution is 5.76. The molecule has 0 aliphatic rings. The van der Waals surface area contributed by atoms with Crippen LogP contribution in [0.2, 0.25) is 0 Å². The molecule has 3 aromatic rings. The number of aromatic nitrogens is 2. The molecule has 2 aromatic heterocycles. The summed E-state index contributed by atoms with van der Waals surface area (Å²) < 4.78 is 4.24. The zero-order valence-electron chi connectivity index (χ0n) is 18.3. The smallest absolute Gasteiger partial charge is 0.220 e. The van der Waals surface area contributed by atoms with E-state index >= 15 is 0 Å². The van der Waals surface area contributed by atoms with E-state index in [0.29, 0.717) is 5.92 Å². The first-order valence-electron chi connectivity index (χ1n) is 10.8. The van der Waals surface area contributed by atoms with Gasteiger partial charge in [-0.3, -0.25) is 4.79 Å². The summed E-state index contributed by atoms with van der Waals surface area (Å²) in [5.74, 6) is 0.237. The lowest BCUT2D eigenvalue weighted by Gasteiger charge is -2.16. The van der Waals surface area contributed by atoms with E-state index in [-0.39, 0.29) is 11.8 Å². The Hall–Kier alpha value is -3.01.